The molecule has 1 unspecified atom stereocenters. The van der Waals surface area contributed by atoms with Gasteiger partial charge >= 0.3 is 0 Å². The fraction of sp³-hybridized carbons (Fsp3) is 0.688. The predicted molar refractivity (Wildman–Crippen MR) is 95.5 cm³/mol. The molecule has 1 saturated heterocycles. The first-order valence-corrected chi connectivity index (χ1v) is 8.66. The van der Waals surface area contributed by atoms with Gasteiger partial charge in [0.1, 0.15) is 12.2 Å². The van der Waals surface area contributed by atoms with Crippen molar-refractivity contribution in [3.05, 3.63) is 6.33 Å². The van der Waals surface area contributed by atoms with Crippen LogP contribution in [0.1, 0.15) is 27.0 Å². The zero-order valence-corrected chi connectivity index (χ0v) is 15.6. The molecule has 0 spiro atoms. The van der Waals surface area contributed by atoms with Crippen LogP contribution in [0.3, 0.4) is 0 Å². The molecule has 0 amide bonds. The molecule has 1 aliphatic heterocycles. The summed E-state index contributed by atoms with van der Waals surface area (Å²) >= 11 is 0. The van der Waals surface area contributed by atoms with Gasteiger partial charge in [-0.15, -0.1) is 0 Å². The second-order valence-corrected chi connectivity index (χ2v) is 7.10. The zero-order chi connectivity index (χ0) is 19.9. The molecule has 0 aliphatic carbocycles. The minimum absolute atomic E-state index is 0.00681. The van der Waals surface area contributed by atoms with Crippen LogP contribution in [0.4, 0.5) is 16.2 Å². The number of aliphatic hydroxyl groups is 2. The van der Waals surface area contributed by atoms with Gasteiger partial charge in [0.15, 0.2) is 35.2 Å². The van der Waals surface area contributed by atoms with Crippen molar-refractivity contribution in [3.8, 4) is 0 Å². The maximum Gasteiger partial charge on any atom is 0.224 e. The summed E-state index contributed by atoms with van der Waals surface area (Å²) in [7, 11) is 1.66. The Labute approximate surface area is 155 Å². The van der Waals surface area contributed by atoms with Crippen LogP contribution in [-0.4, -0.2) is 67.6 Å². The smallest absolute Gasteiger partial charge is 0.224 e. The summed E-state index contributed by atoms with van der Waals surface area (Å²) < 4.78 is 27.7. The van der Waals surface area contributed by atoms with Gasteiger partial charge in [0.2, 0.25) is 5.95 Å². The third-order valence-corrected chi connectivity index (χ3v) is 4.65. The van der Waals surface area contributed by atoms with Gasteiger partial charge in [0, 0.05) is 13.0 Å². The third kappa shape index (κ3) is 3.43. The minimum Gasteiger partial charge on any atom is -0.387 e. The Morgan fingerprint density at radius 1 is 1.48 bits per heavy atom. The maximum atomic E-state index is 15.3. The largest absolute Gasteiger partial charge is 0.387 e. The van der Waals surface area contributed by atoms with Crippen LogP contribution in [0.2, 0.25) is 0 Å². The van der Waals surface area contributed by atoms with E-state index in [1.165, 1.54) is 17.8 Å². The van der Waals surface area contributed by atoms with Crippen LogP contribution in [0.5, 0.6) is 0 Å². The lowest BCUT2D eigenvalue weighted by atomic mass is 9.98. The fourth-order valence-corrected chi connectivity index (χ4v) is 3.02. The number of aliphatic hydroxyl groups excluding tert-OH is 2. The molecule has 2 aromatic heterocycles. The van der Waals surface area contributed by atoms with Gasteiger partial charge in [-0.05, 0) is 6.92 Å². The Kier molecular flexibility index (Phi) is 5.21. The van der Waals surface area contributed by atoms with E-state index in [-0.39, 0.29) is 24.1 Å². The summed E-state index contributed by atoms with van der Waals surface area (Å²) in [6, 6.07) is 0. The summed E-state index contributed by atoms with van der Waals surface area (Å²) in [6.45, 7) is 4.62. The van der Waals surface area contributed by atoms with Gasteiger partial charge in [-0.3, -0.25) is 4.57 Å². The number of nitrogens with two attached hydrogens (primary N) is 1. The molecule has 0 aromatic carbocycles. The third-order valence-electron chi connectivity index (χ3n) is 4.65. The predicted octanol–water partition coefficient (Wildman–Crippen LogP) is 0.428. The van der Waals surface area contributed by atoms with E-state index in [9.17, 15) is 10.2 Å². The Morgan fingerprint density at radius 3 is 2.81 bits per heavy atom. The maximum absolute atomic E-state index is 15.3. The van der Waals surface area contributed by atoms with Gasteiger partial charge in [-0.1, -0.05) is 13.8 Å². The number of nitrogens with one attached hydrogen (secondary N) is 1. The van der Waals surface area contributed by atoms with Crippen LogP contribution in [-0.2, 0) is 9.47 Å². The average Bonchev–Trinajstić information content (AvgIpc) is 3.11. The van der Waals surface area contributed by atoms with E-state index in [1.54, 1.807) is 20.9 Å². The summed E-state index contributed by atoms with van der Waals surface area (Å²) in [5, 5.41) is 23.0. The van der Waals surface area contributed by atoms with E-state index in [1.807, 2.05) is 0 Å². The highest BCUT2D eigenvalue weighted by Crippen LogP contribution is 2.42. The number of imidazole rings is 1. The number of aromatic nitrogens is 4. The quantitative estimate of drug-likeness (QED) is 0.522. The van der Waals surface area contributed by atoms with E-state index < -0.39 is 30.4 Å². The molecule has 5 N–H and O–H groups in total. The normalized spacial score (nSPS) is 29.6. The van der Waals surface area contributed by atoms with Crippen LogP contribution >= 0.6 is 0 Å². The Hall–Kier alpha value is -2.08. The second kappa shape index (κ2) is 7.15. The number of hydrogen-bond donors (Lipinski definition) is 4. The molecule has 0 saturated carbocycles. The van der Waals surface area contributed by atoms with Crippen molar-refractivity contribution in [2.45, 2.75) is 51.2 Å². The SMILES string of the molecule is CNc1nc(N)nc2c1ncn2[C@@H]1O[C@H](COC(O)C(C)C)[C@@H](O)[C@@]1(C)F. The first kappa shape index (κ1) is 19.7. The fourth-order valence-electron chi connectivity index (χ4n) is 3.02. The molecule has 5 atom stereocenters. The molecule has 2 aromatic rings. The highest BCUT2D eigenvalue weighted by atomic mass is 19.1. The zero-order valence-electron chi connectivity index (χ0n) is 15.6. The molecule has 3 heterocycles. The van der Waals surface area contributed by atoms with Crippen molar-refractivity contribution >= 4 is 22.9 Å². The summed E-state index contributed by atoms with van der Waals surface area (Å²) in [6.07, 6.45) is -3.32. The van der Waals surface area contributed by atoms with Gasteiger partial charge in [0.25, 0.3) is 0 Å². The van der Waals surface area contributed by atoms with Crippen LogP contribution in [0.25, 0.3) is 11.2 Å². The van der Waals surface area contributed by atoms with E-state index >= 15 is 4.39 Å². The molecule has 0 bridgehead atoms. The summed E-state index contributed by atoms with van der Waals surface area (Å²) in [5.74, 6) is 0.247. The lowest BCUT2D eigenvalue weighted by Gasteiger charge is -2.24. The van der Waals surface area contributed by atoms with E-state index in [0.29, 0.717) is 11.3 Å². The first-order valence-electron chi connectivity index (χ1n) is 8.66. The second-order valence-electron chi connectivity index (χ2n) is 7.10. The lowest BCUT2D eigenvalue weighted by molar-refractivity contribution is -0.160. The van der Waals surface area contributed by atoms with Gasteiger partial charge in [-0.2, -0.15) is 9.97 Å². The number of anilines is 2. The number of hydrogen-bond acceptors (Lipinski definition) is 9. The molecule has 11 heteroatoms. The van der Waals surface area contributed by atoms with Crippen LogP contribution < -0.4 is 11.1 Å². The van der Waals surface area contributed by atoms with Crippen molar-refractivity contribution in [2.24, 2.45) is 5.92 Å². The van der Waals surface area contributed by atoms with Crippen LogP contribution in [0, 0.1) is 5.92 Å². The molecule has 27 heavy (non-hydrogen) atoms. The minimum atomic E-state index is -2.15. The molecular formula is C16H25FN6O4. The number of nitrogen functional groups attached to an aromatic ring is 1. The van der Waals surface area contributed by atoms with Crippen molar-refractivity contribution in [1.29, 1.82) is 0 Å². The van der Waals surface area contributed by atoms with Crippen molar-refractivity contribution in [1.82, 2.24) is 19.5 Å². The number of fused-ring (bicyclic) bond motifs is 1. The van der Waals surface area contributed by atoms with Gasteiger partial charge in [0.05, 0.1) is 12.9 Å². The van der Waals surface area contributed by atoms with E-state index in [0.717, 1.165) is 0 Å². The molecule has 150 valence electrons. The number of alkyl halides is 1. The standard InChI is InChI=1S/C16H25FN6O4/c1-7(2)13(25)26-5-8-10(24)16(3,17)14(27-8)23-6-20-9-11(19-4)21-15(18)22-12(9)23/h6-8,10,13-14,24-25H,5H2,1-4H3,(H3,18,19,21,22)/t8-,10-,13?,14-,16-/m1/s1. The lowest BCUT2D eigenvalue weighted by Crippen LogP contribution is -2.41. The Bertz CT molecular complexity index is 814. The number of nitrogens with zero attached hydrogens (tertiary/aromatic N) is 4. The van der Waals surface area contributed by atoms with E-state index in [4.69, 9.17) is 15.2 Å². The first-order chi connectivity index (χ1) is 12.7. The monoisotopic (exact) mass is 384 g/mol. The molecule has 10 nitrogen and oxygen atoms in total. The number of ether oxygens (including phenoxy) is 2. The Morgan fingerprint density at radius 2 is 2.19 bits per heavy atom. The van der Waals surface area contributed by atoms with Crippen molar-refractivity contribution in [3.63, 3.8) is 0 Å². The summed E-state index contributed by atoms with van der Waals surface area (Å²) in [5.41, 5.74) is 4.25. The average molecular weight is 384 g/mol. The van der Waals surface area contributed by atoms with Crippen molar-refractivity contribution in [2.75, 3.05) is 24.7 Å². The number of rotatable bonds is 6. The molecule has 1 aliphatic rings. The number of halogens is 1. The van der Waals surface area contributed by atoms with Gasteiger partial charge in [-0.25, -0.2) is 9.37 Å². The van der Waals surface area contributed by atoms with Crippen LogP contribution in [0.15, 0.2) is 6.33 Å². The van der Waals surface area contributed by atoms with E-state index in [2.05, 4.69) is 20.3 Å². The Balaban J connectivity index is 1.90. The topological polar surface area (TPSA) is 141 Å². The molecule has 3 rings (SSSR count). The van der Waals surface area contributed by atoms with Gasteiger partial charge < -0.3 is 30.7 Å². The molecule has 0 radical (unpaired) electrons. The molecular weight excluding hydrogens is 359 g/mol. The molecule has 1 fully saturated rings. The summed E-state index contributed by atoms with van der Waals surface area (Å²) in [4.78, 5) is 12.4. The highest BCUT2D eigenvalue weighted by molar-refractivity contribution is 5.84. The highest BCUT2D eigenvalue weighted by Gasteiger charge is 2.55. The van der Waals surface area contributed by atoms with Crippen molar-refractivity contribution < 1.29 is 24.1 Å².